The topological polar surface area (TPSA) is 54.9 Å². The van der Waals surface area contributed by atoms with Crippen molar-refractivity contribution in [2.24, 2.45) is 0 Å². The molecule has 2 heterocycles. The number of hydrogen-bond donors (Lipinski definition) is 0. The number of hydrogen-bond acceptors (Lipinski definition) is 6. The first-order valence-corrected chi connectivity index (χ1v) is 12.0. The van der Waals surface area contributed by atoms with Crippen LogP contribution in [0.1, 0.15) is 35.3 Å². The quantitative estimate of drug-likeness (QED) is 0.414. The second-order valence-corrected chi connectivity index (χ2v) is 9.03. The highest BCUT2D eigenvalue weighted by Gasteiger charge is 2.23. The summed E-state index contributed by atoms with van der Waals surface area (Å²) >= 11 is 6.16. The molecule has 0 saturated carbocycles. The van der Waals surface area contributed by atoms with Gasteiger partial charge in [0.05, 0.1) is 11.1 Å². The van der Waals surface area contributed by atoms with E-state index in [1.165, 1.54) is 5.56 Å². The maximum Gasteiger partial charge on any atom is 0.342 e. The van der Waals surface area contributed by atoms with Gasteiger partial charge in [-0.15, -0.1) is 0 Å². The highest BCUT2D eigenvalue weighted by molar-refractivity contribution is 6.32. The lowest BCUT2D eigenvalue weighted by atomic mass is 10.1. The molecule has 0 atom stereocenters. The fraction of sp³-hybridized carbons (Fsp3) is 0.333. The lowest BCUT2D eigenvalue weighted by molar-refractivity contribution is 0.0378. The van der Waals surface area contributed by atoms with Crippen molar-refractivity contribution in [3.8, 4) is 5.75 Å². The van der Waals surface area contributed by atoms with Crippen LogP contribution in [0.15, 0.2) is 66.9 Å². The van der Waals surface area contributed by atoms with Crippen LogP contribution >= 0.6 is 11.6 Å². The lowest BCUT2D eigenvalue weighted by Crippen LogP contribution is -2.46. The van der Waals surface area contributed by atoms with E-state index >= 15 is 0 Å². The van der Waals surface area contributed by atoms with Crippen molar-refractivity contribution >= 4 is 23.4 Å². The molecule has 7 heteroatoms. The predicted molar refractivity (Wildman–Crippen MR) is 135 cm³/mol. The third kappa shape index (κ3) is 6.27. The summed E-state index contributed by atoms with van der Waals surface area (Å²) in [5, 5.41) is 0.618. The third-order valence-electron chi connectivity index (χ3n) is 5.68. The molecule has 1 aliphatic rings. The summed E-state index contributed by atoms with van der Waals surface area (Å²) in [4.78, 5) is 21.5. The Bertz CT molecular complexity index is 1100. The van der Waals surface area contributed by atoms with Crippen LogP contribution in [0.25, 0.3) is 0 Å². The number of aromatic nitrogens is 1. The van der Waals surface area contributed by atoms with Crippen molar-refractivity contribution in [2.45, 2.75) is 33.1 Å². The van der Waals surface area contributed by atoms with Crippen molar-refractivity contribution < 1.29 is 14.3 Å². The zero-order valence-electron chi connectivity index (χ0n) is 19.6. The molecule has 0 N–H and O–H groups in total. The molecule has 34 heavy (non-hydrogen) atoms. The Morgan fingerprint density at radius 1 is 0.971 bits per heavy atom. The van der Waals surface area contributed by atoms with Crippen LogP contribution in [0.4, 0.5) is 5.82 Å². The monoisotopic (exact) mass is 479 g/mol. The molecule has 178 valence electrons. The Morgan fingerprint density at radius 3 is 2.38 bits per heavy atom. The molecule has 0 unspecified atom stereocenters. The summed E-state index contributed by atoms with van der Waals surface area (Å²) in [6.45, 7) is 8.47. The predicted octanol–water partition coefficient (Wildman–Crippen LogP) is 5.20. The number of rotatable bonds is 8. The van der Waals surface area contributed by atoms with E-state index in [2.05, 4.69) is 39.0 Å². The summed E-state index contributed by atoms with van der Waals surface area (Å²) in [7, 11) is 0. The smallest absolute Gasteiger partial charge is 0.342 e. The first kappa shape index (κ1) is 24.0. The van der Waals surface area contributed by atoms with Gasteiger partial charge in [-0.1, -0.05) is 48.0 Å². The molecule has 1 saturated heterocycles. The van der Waals surface area contributed by atoms with Crippen LogP contribution < -0.4 is 9.64 Å². The molecule has 3 aromatic rings. The van der Waals surface area contributed by atoms with Crippen LogP contribution in [0.5, 0.6) is 5.75 Å². The van der Waals surface area contributed by atoms with Crippen LogP contribution in [0.3, 0.4) is 0 Å². The van der Waals surface area contributed by atoms with Gasteiger partial charge in [0.1, 0.15) is 23.7 Å². The van der Waals surface area contributed by atoms with Crippen LogP contribution in [0.2, 0.25) is 5.02 Å². The number of carbonyl (C=O) groups excluding carboxylic acids is 1. The number of nitrogens with zero attached hydrogens (tertiary/aromatic N) is 3. The first-order chi connectivity index (χ1) is 16.5. The number of anilines is 1. The van der Waals surface area contributed by atoms with E-state index in [9.17, 15) is 4.79 Å². The molecule has 1 aromatic heterocycles. The van der Waals surface area contributed by atoms with E-state index in [4.69, 9.17) is 21.1 Å². The second kappa shape index (κ2) is 11.4. The number of benzene rings is 2. The van der Waals surface area contributed by atoms with Crippen molar-refractivity contribution in [3.63, 3.8) is 0 Å². The maximum atomic E-state index is 12.5. The Balaban J connectivity index is 1.29. The van der Waals surface area contributed by atoms with Gasteiger partial charge in [0.2, 0.25) is 0 Å². The zero-order valence-corrected chi connectivity index (χ0v) is 20.4. The van der Waals surface area contributed by atoms with Crippen LogP contribution in [-0.4, -0.2) is 48.1 Å². The van der Waals surface area contributed by atoms with E-state index in [1.807, 2.05) is 38.1 Å². The average Bonchev–Trinajstić information content (AvgIpc) is 2.84. The van der Waals surface area contributed by atoms with Gasteiger partial charge in [-0.3, -0.25) is 4.90 Å². The fourth-order valence-corrected chi connectivity index (χ4v) is 4.12. The largest absolute Gasteiger partial charge is 0.487 e. The molecule has 6 nitrogen and oxygen atoms in total. The molecule has 4 rings (SSSR count). The summed E-state index contributed by atoms with van der Waals surface area (Å²) in [6, 6.07) is 19.6. The third-order valence-corrected chi connectivity index (χ3v) is 5.99. The summed E-state index contributed by atoms with van der Waals surface area (Å²) in [5.41, 5.74) is 2.89. The van der Waals surface area contributed by atoms with Gasteiger partial charge in [0.15, 0.2) is 0 Å². The van der Waals surface area contributed by atoms with E-state index in [0.717, 1.165) is 38.3 Å². The summed E-state index contributed by atoms with van der Waals surface area (Å²) < 4.78 is 11.2. The van der Waals surface area contributed by atoms with Gasteiger partial charge in [-0.2, -0.15) is 0 Å². The van der Waals surface area contributed by atoms with Gasteiger partial charge < -0.3 is 14.4 Å². The van der Waals surface area contributed by atoms with E-state index in [0.29, 0.717) is 28.8 Å². The lowest BCUT2D eigenvalue weighted by Gasteiger charge is -2.36. The number of pyridine rings is 1. The van der Waals surface area contributed by atoms with E-state index in [1.54, 1.807) is 18.3 Å². The summed E-state index contributed by atoms with van der Waals surface area (Å²) in [6.07, 6.45) is 1.57. The number of halogens is 1. The second-order valence-electron chi connectivity index (χ2n) is 8.63. The van der Waals surface area contributed by atoms with Gasteiger partial charge in [-0.05, 0) is 49.2 Å². The minimum atomic E-state index is -0.320. The average molecular weight is 480 g/mol. The van der Waals surface area contributed by atoms with Crippen LogP contribution in [0, 0.1) is 0 Å². The first-order valence-electron chi connectivity index (χ1n) is 11.6. The normalized spacial score (nSPS) is 14.3. The molecule has 1 aliphatic heterocycles. The van der Waals surface area contributed by atoms with Gasteiger partial charge in [-0.25, -0.2) is 9.78 Å². The molecular weight excluding hydrogens is 450 g/mol. The Kier molecular flexibility index (Phi) is 8.03. The van der Waals surface area contributed by atoms with Gasteiger partial charge in [0, 0.05) is 38.9 Å². The molecule has 0 spiro atoms. The molecule has 1 fully saturated rings. The van der Waals surface area contributed by atoms with Gasteiger partial charge in [0.25, 0.3) is 0 Å². The minimum absolute atomic E-state index is 0.161. The highest BCUT2D eigenvalue weighted by atomic mass is 35.5. The molecule has 0 radical (unpaired) electrons. The highest BCUT2D eigenvalue weighted by Crippen LogP contribution is 2.24. The number of esters is 1. The number of carbonyl (C=O) groups is 1. The Hall–Kier alpha value is -3.09. The SMILES string of the molecule is CC(C)OC(=O)c1cccnc1N1CCN(Cc2ccc(COc3ccccc3Cl)cc2)CC1. The number of piperazine rings is 1. The van der Waals surface area contributed by atoms with Crippen molar-refractivity contribution in [1.82, 2.24) is 9.88 Å². The van der Waals surface area contributed by atoms with E-state index < -0.39 is 0 Å². The minimum Gasteiger partial charge on any atom is -0.487 e. The van der Waals surface area contributed by atoms with E-state index in [-0.39, 0.29) is 12.1 Å². The number of ether oxygens (including phenoxy) is 2. The van der Waals surface area contributed by atoms with Crippen molar-refractivity contribution in [1.29, 1.82) is 0 Å². The maximum absolute atomic E-state index is 12.5. The molecule has 2 aromatic carbocycles. The molecule has 0 aliphatic carbocycles. The van der Waals surface area contributed by atoms with Crippen molar-refractivity contribution in [3.05, 3.63) is 88.6 Å². The molecule has 0 bridgehead atoms. The Labute approximate surface area is 206 Å². The number of para-hydroxylation sites is 1. The molecular formula is C27H30ClN3O3. The van der Waals surface area contributed by atoms with Gasteiger partial charge >= 0.3 is 5.97 Å². The Morgan fingerprint density at radius 2 is 1.68 bits per heavy atom. The standard InChI is InChI=1S/C27H30ClN3O3/c1-20(2)34-27(32)23-6-5-13-29-26(23)31-16-14-30(15-17-31)18-21-9-11-22(12-10-21)19-33-25-8-4-3-7-24(25)28/h3-13,20H,14-19H2,1-2H3. The zero-order chi connectivity index (χ0) is 23.9. The fourth-order valence-electron chi connectivity index (χ4n) is 3.93. The van der Waals surface area contributed by atoms with Crippen molar-refractivity contribution in [2.75, 3.05) is 31.1 Å². The van der Waals surface area contributed by atoms with Crippen LogP contribution in [-0.2, 0) is 17.9 Å². The molecule has 0 amide bonds. The summed E-state index contributed by atoms with van der Waals surface area (Å²) in [5.74, 6) is 1.08.